The Bertz CT molecular complexity index is 1310. The van der Waals surface area contributed by atoms with E-state index in [1.807, 2.05) is 18.2 Å². The lowest BCUT2D eigenvalue weighted by Gasteiger charge is -2.15. The largest absolute Gasteiger partial charge is 0.495 e. The number of amides is 2. The average molecular weight is 644 g/mol. The summed E-state index contributed by atoms with van der Waals surface area (Å²) in [7, 11) is 1.49. The highest BCUT2D eigenvalue weighted by atomic mass is 79.9. The number of ether oxygens (including phenoxy) is 2. The van der Waals surface area contributed by atoms with Crippen LogP contribution in [-0.2, 0) is 11.4 Å². The summed E-state index contributed by atoms with van der Waals surface area (Å²) in [6, 6.07) is 15.8. The lowest BCUT2D eigenvalue weighted by molar-refractivity contribution is -0.113. The number of imide groups is 1. The van der Waals surface area contributed by atoms with Gasteiger partial charge in [-0.2, -0.15) is 0 Å². The summed E-state index contributed by atoms with van der Waals surface area (Å²) in [6.45, 7) is 0.283. The van der Waals surface area contributed by atoms with Gasteiger partial charge in [0.15, 0.2) is 0 Å². The van der Waals surface area contributed by atoms with Gasteiger partial charge >= 0.3 is 0 Å². The van der Waals surface area contributed by atoms with E-state index in [1.54, 1.807) is 42.5 Å². The number of hydrogen-bond acceptors (Lipinski definition) is 5. The van der Waals surface area contributed by atoms with E-state index < -0.39 is 5.91 Å². The van der Waals surface area contributed by atoms with Crippen LogP contribution in [-0.4, -0.2) is 18.3 Å². The van der Waals surface area contributed by atoms with E-state index >= 15 is 0 Å². The van der Waals surface area contributed by atoms with Crippen LogP contribution in [0.5, 0.6) is 11.5 Å². The van der Waals surface area contributed by atoms with E-state index in [9.17, 15) is 9.59 Å². The molecule has 5 nitrogen and oxygen atoms in total. The number of benzene rings is 3. The van der Waals surface area contributed by atoms with Crippen molar-refractivity contribution in [2.75, 3.05) is 12.0 Å². The smallest absolute Gasteiger partial charge is 0.298 e. The molecule has 174 valence electrons. The number of nitrogens with zero attached hydrogens (tertiary/aromatic N) is 1. The molecule has 0 radical (unpaired) electrons. The predicted octanol–water partition coefficient (Wildman–Crippen LogP) is 8.35. The molecule has 0 saturated carbocycles. The average Bonchev–Trinajstić information content (AvgIpc) is 3.08. The molecule has 10 heteroatoms. The number of hydrogen-bond donors (Lipinski definition) is 0. The van der Waals surface area contributed by atoms with Crippen molar-refractivity contribution in [2.45, 2.75) is 6.61 Å². The van der Waals surface area contributed by atoms with Gasteiger partial charge in [-0.25, -0.2) is 4.90 Å². The van der Waals surface area contributed by atoms with Gasteiger partial charge in [-0.05, 0) is 97.2 Å². The Morgan fingerprint density at radius 3 is 2.38 bits per heavy atom. The number of para-hydroxylation sites is 2. The summed E-state index contributed by atoms with van der Waals surface area (Å²) in [4.78, 5) is 27.1. The molecule has 0 aliphatic carbocycles. The summed E-state index contributed by atoms with van der Waals surface area (Å²) in [5.41, 5.74) is 1.98. The van der Waals surface area contributed by atoms with Crippen molar-refractivity contribution < 1.29 is 19.1 Å². The fourth-order valence-electron chi connectivity index (χ4n) is 3.23. The van der Waals surface area contributed by atoms with Crippen LogP contribution < -0.4 is 14.4 Å². The lowest BCUT2D eigenvalue weighted by Crippen LogP contribution is -2.28. The van der Waals surface area contributed by atoms with Crippen LogP contribution in [0.3, 0.4) is 0 Å². The van der Waals surface area contributed by atoms with E-state index in [1.165, 1.54) is 7.11 Å². The van der Waals surface area contributed by atoms with Crippen molar-refractivity contribution in [3.05, 3.63) is 89.6 Å². The highest BCUT2D eigenvalue weighted by molar-refractivity contribution is 9.11. The molecule has 0 aromatic heterocycles. The SMILES string of the molecule is COc1ccccc1N1C(=O)S/C(=C\c2cc(Br)c(OCc3ccc(Cl)c(Cl)c3)c(Br)c2)C1=O. The minimum Gasteiger partial charge on any atom is -0.495 e. The molecular formula is C24H15Br2Cl2NO4S. The molecule has 1 aliphatic heterocycles. The topological polar surface area (TPSA) is 55.8 Å². The number of carbonyl (C=O) groups excluding carboxylic acids is 2. The highest BCUT2D eigenvalue weighted by Crippen LogP contribution is 2.41. The Balaban J connectivity index is 1.56. The molecule has 2 amide bonds. The Morgan fingerprint density at radius 1 is 1.00 bits per heavy atom. The van der Waals surface area contributed by atoms with E-state index in [4.69, 9.17) is 32.7 Å². The molecule has 1 fully saturated rings. The summed E-state index contributed by atoms with van der Waals surface area (Å²) >= 11 is 20.0. The second-order valence-electron chi connectivity index (χ2n) is 7.04. The van der Waals surface area contributed by atoms with Crippen LogP contribution in [0.25, 0.3) is 6.08 Å². The molecule has 0 N–H and O–H groups in total. The molecule has 4 rings (SSSR count). The van der Waals surface area contributed by atoms with Crippen molar-refractivity contribution in [3.63, 3.8) is 0 Å². The fourth-order valence-corrected chi connectivity index (χ4v) is 5.83. The zero-order valence-electron chi connectivity index (χ0n) is 17.5. The molecular weight excluding hydrogens is 629 g/mol. The van der Waals surface area contributed by atoms with Crippen molar-refractivity contribution in [3.8, 4) is 11.5 Å². The molecule has 1 aliphatic rings. The van der Waals surface area contributed by atoms with E-state index in [0.29, 0.717) is 46.6 Å². The van der Waals surface area contributed by atoms with Crippen LogP contribution in [0, 0.1) is 0 Å². The summed E-state index contributed by atoms with van der Waals surface area (Å²) < 4.78 is 12.6. The lowest BCUT2D eigenvalue weighted by atomic mass is 10.2. The van der Waals surface area contributed by atoms with Crippen LogP contribution in [0.2, 0.25) is 10.0 Å². The maximum atomic E-state index is 13.0. The van der Waals surface area contributed by atoms with Gasteiger partial charge in [0.1, 0.15) is 18.1 Å². The van der Waals surface area contributed by atoms with Crippen molar-refractivity contribution in [1.29, 1.82) is 0 Å². The number of carbonyl (C=O) groups is 2. The molecule has 3 aromatic carbocycles. The third-order valence-electron chi connectivity index (χ3n) is 4.81. The predicted molar refractivity (Wildman–Crippen MR) is 144 cm³/mol. The molecule has 0 bridgehead atoms. The number of anilines is 1. The Kier molecular flexibility index (Phi) is 7.94. The standard InChI is InChI=1S/C24H15Br2Cl2NO4S/c1-32-20-5-3-2-4-19(20)29-23(30)21(34-24(29)31)11-14-8-15(25)22(16(26)9-14)33-12-13-6-7-17(27)18(28)10-13/h2-11H,12H2,1H3/b21-11-. The minimum absolute atomic E-state index is 0.283. The maximum absolute atomic E-state index is 13.0. The second-order valence-corrected chi connectivity index (χ2v) is 10.6. The zero-order chi connectivity index (χ0) is 24.4. The zero-order valence-corrected chi connectivity index (χ0v) is 23.0. The van der Waals surface area contributed by atoms with Gasteiger partial charge in [0.25, 0.3) is 11.1 Å². The van der Waals surface area contributed by atoms with Gasteiger partial charge in [0, 0.05) is 0 Å². The highest BCUT2D eigenvalue weighted by Gasteiger charge is 2.37. The van der Waals surface area contributed by atoms with Gasteiger partial charge in [-0.1, -0.05) is 41.4 Å². The first kappa shape index (κ1) is 25.1. The third kappa shape index (κ3) is 5.31. The summed E-state index contributed by atoms with van der Waals surface area (Å²) in [6.07, 6.45) is 1.67. The van der Waals surface area contributed by atoms with Crippen LogP contribution in [0.4, 0.5) is 10.5 Å². The summed E-state index contributed by atoms with van der Waals surface area (Å²) in [5.74, 6) is 0.622. The summed E-state index contributed by atoms with van der Waals surface area (Å²) in [5, 5.41) is 0.547. The number of rotatable bonds is 6. The monoisotopic (exact) mass is 641 g/mol. The van der Waals surface area contributed by atoms with Gasteiger partial charge in [0.05, 0.1) is 36.7 Å². The molecule has 0 atom stereocenters. The number of halogens is 4. The third-order valence-corrected chi connectivity index (χ3v) is 7.59. The first-order chi connectivity index (χ1) is 16.3. The van der Waals surface area contributed by atoms with E-state index in [2.05, 4.69) is 31.9 Å². The first-order valence-electron chi connectivity index (χ1n) is 9.75. The number of methoxy groups -OCH3 is 1. The molecule has 3 aromatic rings. The normalized spacial score (nSPS) is 14.7. The van der Waals surface area contributed by atoms with Crippen LogP contribution in [0.1, 0.15) is 11.1 Å². The van der Waals surface area contributed by atoms with E-state index in [-0.39, 0.29) is 11.8 Å². The minimum atomic E-state index is -0.410. The van der Waals surface area contributed by atoms with Gasteiger partial charge in [0.2, 0.25) is 0 Å². The first-order valence-corrected chi connectivity index (χ1v) is 12.9. The van der Waals surface area contributed by atoms with Crippen molar-refractivity contribution in [2.24, 2.45) is 0 Å². The van der Waals surface area contributed by atoms with Gasteiger partial charge in [-0.3, -0.25) is 9.59 Å². The molecule has 0 unspecified atom stereocenters. The van der Waals surface area contributed by atoms with Crippen LogP contribution in [0.15, 0.2) is 68.4 Å². The molecule has 34 heavy (non-hydrogen) atoms. The van der Waals surface area contributed by atoms with E-state index in [0.717, 1.165) is 22.2 Å². The van der Waals surface area contributed by atoms with Crippen molar-refractivity contribution in [1.82, 2.24) is 0 Å². The van der Waals surface area contributed by atoms with Crippen LogP contribution >= 0.6 is 66.8 Å². The maximum Gasteiger partial charge on any atom is 0.298 e. The number of thioether (sulfide) groups is 1. The fraction of sp³-hybridized carbons (Fsp3) is 0.0833. The Labute approximate surface area is 227 Å². The van der Waals surface area contributed by atoms with Crippen molar-refractivity contribution >= 4 is 89.7 Å². The Morgan fingerprint density at radius 2 is 1.71 bits per heavy atom. The second kappa shape index (κ2) is 10.7. The molecule has 1 heterocycles. The molecule has 1 saturated heterocycles. The Hall–Kier alpha value is -1.97. The quantitative estimate of drug-likeness (QED) is 0.253. The molecule has 0 spiro atoms. The van der Waals surface area contributed by atoms with Gasteiger partial charge < -0.3 is 9.47 Å². The van der Waals surface area contributed by atoms with Gasteiger partial charge in [-0.15, -0.1) is 0 Å².